The first-order chi connectivity index (χ1) is 11.0. The third-order valence-electron chi connectivity index (χ3n) is 5.08. The normalized spacial score (nSPS) is 24.1. The number of sulfone groups is 1. The van der Waals surface area contributed by atoms with E-state index in [9.17, 15) is 13.2 Å². The van der Waals surface area contributed by atoms with E-state index in [0.29, 0.717) is 12.8 Å². The molecule has 2 aliphatic rings. The average molecular weight is 336 g/mol. The van der Waals surface area contributed by atoms with Crippen LogP contribution in [0.2, 0.25) is 0 Å². The predicted octanol–water partition coefficient (Wildman–Crippen LogP) is 2.66. The van der Waals surface area contributed by atoms with Gasteiger partial charge in [0, 0.05) is 12.5 Å². The van der Waals surface area contributed by atoms with E-state index in [-0.39, 0.29) is 28.7 Å². The Morgan fingerprint density at radius 3 is 2.52 bits per heavy atom. The largest absolute Gasteiger partial charge is 0.383 e. The van der Waals surface area contributed by atoms with Gasteiger partial charge in [-0.3, -0.25) is 4.79 Å². The van der Waals surface area contributed by atoms with Crippen molar-refractivity contribution in [3.05, 3.63) is 24.3 Å². The van der Waals surface area contributed by atoms with Gasteiger partial charge >= 0.3 is 0 Å². The predicted molar refractivity (Wildman–Crippen MR) is 92.3 cm³/mol. The minimum absolute atomic E-state index is 0.0232. The molecule has 126 valence electrons. The second kappa shape index (κ2) is 6.15. The quantitative estimate of drug-likeness (QED) is 0.867. The second-order valence-corrected chi connectivity index (χ2v) is 9.04. The van der Waals surface area contributed by atoms with Crippen LogP contribution in [0.3, 0.4) is 0 Å². The zero-order chi connectivity index (χ0) is 16.5. The Balaban J connectivity index is 1.63. The van der Waals surface area contributed by atoms with Crippen LogP contribution < -0.4 is 10.6 Å². The van der Waals surface area contributed by atoms with Gasteiger partial charge in [-0.05, 0) is 43.2 Å². The lowest BCUT2D eigenvalue weighted by molar-refractivity contribution is -0.118. The molecule has 2 N–H and O–H groups in total. The Bertz CT molecular complexity index is 686. The summed E-state index contributed by atoms with van der Waals surface area (Å²) >= 11 is 0. The third kappa shape index (κ3) is 3.52. The van der Waals surface area contributed by atoms with Gasteiger partial charge in [0.15, 0.2) is 0 Å². The molecule has 0 bridgehead atoms. The standard InChI is InChI=1S/C17H24N2O3S/c1-2-9-18-14-5-3-4-6-15(14)19-16(20)13-12-17(13)7-10-23(21,22)11-8-17/h3-6,13,18H,2,7-12H2,1H3,(H,19,20). The van der Waals surface area contributed by atoms with Crippen LogP contribution in [0.1, 0.15) is 32.6 Å². The lowest BCUT2D eigenvalue weighted by Crippen LogP contribution is -2.28. The highest BCUT2D eigenvalue weighted by Gasteiger charge is 2.59. The summed E-state index contributed by atoms with van der Waals surface area (Å²) in [5, 5.41) is 6.34. The molecular weight excluding hydrogens is 312 g/mol. The maximum Gasteiger partial charge on any atom is 0.228 e. The van der Waals surface area contributed by atoms with Crippen molar-refractivity contribution in [1.29, 1.82) is 0 Å². The maximum absolute atomic E-state index is 12.5. The highest BCUT2D eigenvalue weighted by molar-refractivity contribution is 7.91. The fourth-order valence-corrected chi connectivity index (χ4v) is 5.08. The molecule has 1 amide bonds. The second-order valence-electron chi connectivity index (χ2n) is 6.73. The molecule has 1 atom stereocenters. The SMILES string of the molecule is CCCNc1ccccc1NC(=O)C1CC12CCS(=O)(=O)CC2. The van der Waals surface area contributed by atoms with Crippen LogP contribution in [0.5, 0.6) is 0 Å². The lowest BCUT2D eigenvalue weighted by atomic mass is 9.96. The number of hydrogen-bond donors (Lipinski definition) is 2. The fourth-order valence-electron chi connectivity index (χ4n) is 3.44. The van der Waals surface area contributed by atoms with Crippen LogP contribution in [-0.4, -0.2) is 32.4 Å². The number of carbonyl (C=O) groups is 1. The highest BCUT2D eigenvalue weighted by Crippen LogP contribution is 2.60. The molecule has 6 heteroatoms. The van der Waals surface area contributed by atoms with E-state index in [1.165, 1.54) is 0 Å². The Labute approximate surface area is 137 Å². The first-order valence-electron chi connectivity index (χ1n) is 8.30. The van der Waals surface area contributed by atoms with Crippen LogP contribution in [0.4, 0.5) is 11.4 Å². The molecule has 0 radical (unpaired) electrons. The van der Waals surface area contributed by atoms with Gasteiger partial charge in [-0.25, -0.2) is 8.42 Å². The summed E-state index contributed by atoms with van der Waals surface area (Å²) in [6.45, 7) is 2.96. The molecule has 1 heterocycles. The molecule has 5 nitrogen and oxygen atoms in total. The van der Waals surface area contributed by atoms with E-state index in [1.54, 1.807) is 0 Å². The Hall–Kier alpha value is -1.56. The summed E-state index contributed by atoms with van der Waals surface area (Å²) in [6, 6.07) is 7.71. The molecule has 3 rings (SSSR count). The Morgan fingerprint density at radius 2 is 1.87 bits per heavy atom. The summed E-state index contributed by atoms with van der Waals surface area (Å²) in [5.41, 5.74) is 1.67. The molecule has 1 saturated heterocycles. The van der Waals surface area contributed by atoms with Crippen molar-refractivity contribution in [3.8, 4) is 0 Å². The number of rotatable bonds is 5. The summed E-state index contributed by atoms with van der Waals surface area (Å²) in [6.07, 6.45) is 3.09. The highest BCUT2D eigenvalue weighted by atomic mass is 32.2. The molecule has 1 aliphatic heterocycles. The van der Waals surface area contributed by atoms with Gasteiger partial charge < -0.3 is 10.6 Å². The molecule has 1 saturated carbocycles. The molecule has 0 aromatic heterocycles. The van der Waals surface area contributed by atoms with Crippen LogP contribution in [-0.2, 0) is 14.6 Å². The van der Waals surface area contributed by atoms with Gasteiger partial charge in [-0.2, -0.15) is 0 Å². The van der Waals surface area contributed by atoms with E-state index in [4.69, 9.17) is 0 Å². The topological polar surface area (TPSA) is 75.3 Å². The van der Waals surface area contributed by atoms with Gasteiger partial charge in [0.1, 0.15) is 9.84 Å². The third-order valence-corrected chi connectivity index (χ3v) is 6.73. The smallest absolute Gasteiger partial charge is 0.228 e. The average Bonchev–Trinajstić information content (AvgIpc) is 3.25. The zero-order valence-electron chi connectivity index (χ0n) is 13.5. The van der Waals surface area contributed by atoms with Gasteiger partial charge in [-0.1, -0.05) is 19.1 Å². The molecular formula is C17H24N2O3S. The molecule has 1 aromatic carbocycles. The van der Waals surface area contributed by atoms with Crippen molar-refractivity contribution in [1.82, 2.24) is 0 Å². The van der Waals surface area contributed by atoms with Crippen LogP contribution in [0.25, 0.3) is 0 Å². The number of amides is 1. The number of anilines is 2. The number of hydrogen-bond acceptors (Lipinski definition) is 4. The minimum Gasteiger partial charge on any atom is -0.383 e. The first kappa shape index (κ1) is 16.3. The summed E-state index contributed by atoms with van der Waals surface area (Å²) in [5.74, 6) is 0.434. The Morgan fingerprint density at radius 1 is 1.22 bits per heavy atom. The number of carbonyl (C=O) groups excluding carboxylic acids is 1. The van der Waals surface area contributed by atoms with Crippen molar-refractivity contribution in [2.24, 2.45) is 11.3 Å². The van der Waals surface area contributed by atoms with Crippen molar-refractivity contribution < 1.29 is 13.2 Å². The molecule has 1 unspecified atom stereocenters. The van der Waals surface area contributed by atoms with Crippen molar-refractivity contribution in [2.45, 2.75) is 32.6 Å². The molecule has 1 aliphatic carbocycles. The van der Waals surface area contributed by atoms with Gasteiger partial charge in [-0.15, -0.1) is 0 Å². The van der Waals surface area contributed by atoms with Crippen molar-refractivity contribution in [3.63, 3.8) is 0 Å². The number of benzene rings is 1. The van der Waals surface area contributed by atoms with Gasteiger partial charge in [0.05, 0.1) is 22.9 Å². The molecule has 1 aromatic rings. The van der Waals surface area contributed by atoms with E-state index in [1.807, 2.05) is 24.3 Å². The summed E-state index contributed by atoms with van der Waals surface area (Å²) < 4.78 is 23.1. The summed E-state index contributed by atoms with van der Waals surface area (Å²) in [7, 11) is -2.88. The van der Waals surface area contributed by atoms with E-state index >= 15 is 0 Å². The van der Waals surface area contributed by atoms with Crippen LogP contribution in [0.15, 0.2) is 24.3 Å². The molecule has 2 fully saturated rings. The van der Waals surface area contributed by atoms with Crippen molar-refractivity contribution >= 4 is 27.1 Å². The van der Waals surface area contributed by atoms with Crippen LogP contribution in [0, 0.1) is 11.3 Å². The monoisotopic (exact) mass is 336 g/mol. The number of para-hydroxylation sites is 2. The fraction of sp³-hybridized carbons (Fsp3) is 0.588. The zero-order valence-corrected chi connectivity index (χ0v) is 14.3. The molecule has 1 spiro atoms. The number of nitrogens with one attached hydrogen (secondary N) is 2. The van der Waals surface area contributed by atoms with Gasteiger partial charge in [0.2, 0.25) is 5.91 Å². The first-order valence-corrected chi connectivity index (χ1v) is 10.1. The van der Waals surface area contributed by atoms with Crippen molar-refractivity contribution in [2.75, 3.05) is 28.7 Å². The van der Waals surface area contributed by atoms with Gasteiger partial charge in [0.25, 0.3) is 0 Å². The van der Waals surface area contributed by atoms with E-state index in [0.717, 1.165) is 30.8 Å². The lowest BCUT2D eigenvalue weighted by Gasteiger charge is -2.22. The van der Waals surface area contributed by atoms with Crippen LogP contribution >= 0.6 is 0 Å². The maximum atomic E-state index is 12.5. The minimum atomic E-state index is -2.88. The van der Waals surface area contributed by atoms with E-state index < -0.39 is 9.84 Å². The Kier molecular flexibility index (Phi) is 4.36. The summed E-state index contributed by atoms with van der Waals surface area (Å²) in [4.78, 5) is 12.5. The van der Waals surface area contributed by atoms with E-state index in [2.05, 4.69) is 17.6 Å². The molecule has 23 heavy (non-hydrogen) atoms.